The van der Waals surface area contributed by atoms with Crippen molar-refractivity contribution in [1.82, 2.24) is 15.3 Å². The predicted octanol–water partition coefficient (Wildman–Crippen LogP) is 4.71. The highest BCUT2D eigenvalue weighted by Gasteiger charge is 2.19. The molecule has 0 aliphatic carbocycles. The van der Waals surface area contributed by atoms with Crippen LogP contribution in [0.5, 0.6) is 0 Å². The van der Waals surface area contributed by atoms with Gasteiger partial charge in [-0.25, -0.2) is 9.37 Å². The number of rotatable bonds is 5. The van der Waals surface area contributed by atoms with Crippen LogP contribution in [-0.2, 0) is 4.79 Å². The van der Waals surface area contributed by atoms with Gasteiger partial charge >= 0.3 is 0 Å². The lowest BCUT2D eigenvalue weighted by Crippen LogP contribution is -2.33. The van der Waals surface area contributed by atoms with Crippen LogP contribution in [0.15, 0.2) is 47.6 Å². The van der Waals surface area contributed by atoms with Crippen molar-refractivity contribution in [3.63, 3.8) is 0 Å². The Morgan fingerprint density at radius 3 is 2.68 bits per heavy atom. The maximum Gasteiger partial charge on any atom is 0.233 e. The molecule has 3 aromatic rings. The third-order valence-electron chi connectivity index (χ3n) is 3.81. The van der Waals surface area contributed by atoms with Gasteiger partial charge in [-0.2, -0.15) is 0 Å². The number of carbonyl (C=O) groups is 1. The molecule has 2 atom stereocenters. The molecule has 0 aliphatic rings. The van der Waals surface area contributed by atoms with E-state index in [-0.39, 0.29) is 23.0 Å². The zero-order valence-corrected chi connectivity index (χ0v) is 15.3. The Morgan fingerprint density at radius 2 is 1.96 bits per heavy atom. The number of amides is 1. The molecule has 2 N–H and O–H groups in total. The van der Waals surface area contributed by atoms with Gasteiger partial charge in [-0.1, -0.05) is 35.5 Å². The molecular formula is C18H17ClFN3OS. The third-order valence-corrected chi connectivity index (χ3v) is 5.03. The van der Waals surface area contributed by atoms with Crippen LogP contribution < -0.4 is 5.32 Å². The quantitative estimate of drug-likeness (QED) is 0.633. The molecule has 4 nitrogen and oxygen atoms in total. The molecule has 0 spiro atoms. The van der Waals surface area contributed by atoms with Crippen LogP contribution in [0.25, 0.3) is 11.0 Å². The van der Waals surface area contributed by atoms with E-state index in [9.17, 15) is 9.18 Å². The number of hydrogen-bond donors (Lipinski definition) is 2. The smallest absolute Gasteiger partial charge is 0.233 e. The third kappa shape index (κ3) is 4.32. The Labute approximate surface area is 154 Å². The summed E-state index contributed by atoms with van der Waals surface area (Å²) in [7, 11) is 0. The van der Waals surface area contributed by atoms with Crippen molar-refractivity contribution in [2.75, 3.05) is 0 Å². The van der Waals surface area contributed by atoms with Crippen molar-refractivity contribution >= 4 is 40.3 Å². The maximum absolute atomic E-state index is 13.0. The number of benzene rings is 2. The van der Waals surface area contributed by atoms with Crippen LogP contribution in [0.2, 0.25) is 5.02 Å². The average Bonchev–Trinajstić information content (AvgIpc) is 2.96. The van der Waals surface area contributed by atoms with Gasteiger partial charge in [0.2, 0.25) is 5.91 Å². The molecular weight excluding hydrogens is 361 g/mol. The fourth-order valence-electron chi connectivity index (χ4n) is 2.40. The van der Waals surface area contributed by atoms with Gasteiger partial charge in [0.05, 0.1) is 22.3 Å². The van der Waals surface area contributed by atoms with E-state index in [1.807, 2.05) is 19.9 Å². The van der Waals surface area contributed by atoms with Crippen LogP contribution in [0.4, 0.5) is 4.39 Å². The summed E-state index contributed by atoms with van der Waals surface area (Å²) in [5.74, 6) is -0.406. The first kappa shape index (κ1) is 17.8. The molecule has 0 saturated heterocycles. The molecule has 0 fully saturated rings. The first-order chi connectivity index (χ1) is 11.9. The van der Waals surface area contributed by atoms with Crippen molar-refractivity contribution in [1.29, 1.82) is 0 Å². The molecule has 7 heteroatoms. The average molecular weight is 378 g/mol. The summed E-state index contributed by atoms with van der Waals surface area (Å²) in [6.07, 6.45) is 0. The number of imidazole rings is 1. The summed E-state index contributed by atoms with van der Waals surface area (Å²) in [4.78, 5) is 20.0. The number of thioether (sulfide) groups is 1. The minimum absolute atomic E-state index is 0.111. The van der Waals surface area contributed by atoms with Crippen molar-refractivity contribution < 1.29 is 9.18 Å². The summed E-state index contributed by atoms with van der Waals surface area (Å²) < 4.78 is 13.0. The number of nitrogens with one attached hydrogen (secondary N) is 2. The predicted molar refractivity (Wildman–Crippen MR) is 99.4 cm³/mol. The van der Waals surface area contributed by atoms with Crippen LogP contribution >= 0.6 is 23.4 Å². The van der Waals surface area contributed by atoms with Crippen molar-refractivity contribution in [3.8, 4) is 0 Å². The summed E-state index contributed by atoms with van der Waals surface area (Å²) in [6, 6.07) is 11.3. The number of aromatic amines is 1. The summed E-state index contributed by atoms with van der Waals surface area (Å²) in [5, 5.41) is 3.89. The molecule has 1 heterocycles. The number of H-pyrrole nitrogens is 1. The number of halogens is 2. The van der Waals surface area contributed by atoms with E-state index in [2.05, 4.69) is 15.3 Å². The van der Waals surface area contributed by atoms with Gasteiger partial charge in [-0.15, -0.1) is 0 Å². The van der Waals surface area contributed by atoms with Gasteiger partial charge in [-0.3, -0.25) is 4.79 Å². The van der Waals surface area contributed by atoms with E-state index in [1.54, 1.807) is 24.3 Å². The fourth-order valence-corrected chi connectivity index (χ4v) is 3.40. The van der Waals surface area contributed by atoms with E-state index in [4.69, 9.17) is 11.6 Å². The highest BCUT2D eigenvalue weighted by atomic mass is 35.5. The van der Waals surface area contributed by atoms with Crippen LogP contribution in [0.1, 0.15) is 25.5 Å². The Bertz CT molecular complexity index is 897. The fraction of sp³-hybridized carbons (Fsp3) is 0.222. The number of fused-ring (bicyclic) bond motifs is 1. The highest BCUT2D eigenvalue weighted by molar-refractivity contribution is 8.00. The molecule has 1 aromatic heterocycles. The van der Waals surface area contributed by atoms with E-state index in [0.29, 0.717) is 10.2 Å². The lowest BCUT2D eigenvalue weighted by molar-refractivity contribution is -0.120. The zero-order valence-electron chi connectivity index (χ0n) is 13.7. The van der Waals surface area contributed by atoms with Gasteiger partial charge in [0.1, 0.15) is 5.82 Å². The molecule has 2 aromatic carbocycles. The van der Waals surface area contributed by atoms with Crippen molar-refractivity contribution in [2.24, 2.45) is 0 Å². The number of hydrogen-bond acceptors (Lipinski definition) is 3. The minimum Gasteiger partial charge on any atom is -0.349 e. The first-order valence-electron chi connectivity index (χ1n) is 7.80. The molecule has 25 heavy (non-hydrogen) atoms. The molecule has 0 bridgehead atoms. The number of aromatic nitrogens is 2. The zero-order chi connectivity index (χ0) is 18.0. The molecule has 1 amide bonds. The maximum atomic E-state index is 13.0. The number of carbonyl (C=O) groups excluding carboxylic acids is 1. The largest absolute Gasteiger partial charge is 0.349 e. The van der Waals surface area contributed by atoms with Crippen LogP contribution in [-0.4, -0.2) is 21.1 Å². The molecule has 0 saturated carbocycles. The molecule has 130 valence electrons. The summed E-state index contributed by atoms with van der Waals surface area (Å²) >= 11 is 7.31. The van der Waals surface area contributed by atoms with E-state index >= 15 is 0 Å². The minimum atomic E-state index is -0.334. The topological polar surface area (TPSA) is 57.8 Å². The summed E-state index contributed by atoms with van der Waals surface area (Å²) in [5.41, 5.74) is 2.49. The Balaban J connectivity index is 1.64. The van der Waals surface area contributed by atoms with Crippen LogP contribution in [0, 0.1) is 5.82 Å². The Hall–Kier alpha value is -2.05. The lowest BCUT2D eigenvalue weighted by atomic mass is 10.1. The van der Waals surface area contributed by atoms with E-state index in [1.165, 1.54) is 23.9 Å². The van der Waals surface area contributed by atoms with E-state index < -0.39 is 0 Å². The molecule has 0 aliphatic heterocycles. The monoisotopic (exact) mass is 377 g/mol. The first-order valence-corrected chi connectivity index (χ1v) is 9.06. The summed E-state index contributed by atoms with van der Waals surface area (Å²) in [6.45, 7) is 3.68. The van der Waals surface area contributed by atoms with Gasteiger partial charge < -0.3 is 10.3 Å². The SMILES string of the molecule is CC(Sc1nc2ccc(Cl)cc2[nH]1)C(=O)NC(C)c1ccc(F)cc1. The molecule has 2 unspecified atom stereocenters. The van der Waals surface area contributed by atoms with E-state index in [0.717, 1.165) is 16.6 Å². The van der Waals surface area contributed by atoms with Gasteiger partial charge in [0, 0.05) is 5.02 Å². The van der Waals surface area contributed by atoms with Gasteiger partial charge in [0.25, 0.3) is 0 Å². The normalized spacial score (nSPS) is 13.6. The van der Waals surface area contributed by atoms with Gasteiger partial charge in [0.15, 0.2) is 5.16 Å². The highest BCUT2D eigenvalue weighted by Crippen LogP contribution is 2.25. The second-order valence-electron chi connectivity index (χ2n) is 5.75. The second-order valence-corrected chi connectivity index (χ2v) is 7.51. The van der Waals surface area contributed by atoms with Gasteiger partial charge in [-0.05, 0) is 49.7 Å². The molecule has 3 rings (SSSR count). The van der Waals surface area contributed by atoms with Crippen LogP contribution in [0.3, 0.4) is 0 Å². The second kappa shape index (κ2) is 7.45. The molecule has 0 radical (unpaired) electrons. The van der Waals surface area contributed by atoms with Crippen molar-refractivity contribution in [2.45, 2.75) is 30.3 Å². The standard InChI is InChI=1S/C18H17ClFN3OS/c1-10(12-3-6-14(20)7-4-12)21-17(24)11(2)25-18-22-15-8-5-13(19)9-16(15)23-18/h3-11H,1-2H3,(H,21,24)(H,22,23). The van der Waals surface area contributed by atoms with Crippen molar-refractivity contribution in [3.05, 3.63) is 58.9 Å². The number of nitrogens with zero attached hydrogens (tertiary/aromatic N) is 1. The Kier molecular flexibility index (Phi) is 5.30. The Morgan fingerprint density at radius 1 is 1.24 bits per heavy atom. The lowest BCUT2D eigenvalue weighted by Gasteiger charge is -2.17.